The van der Waals surface area contributed by atoms with Gasteiger partial charge in [-0.3, -0.25) is 0 Å². The van der Waals surface area contributed by atoms with E-state index >= 15 is 0 Å². The van der Waals surface area contributed by atoms with E-state index in [4.69, 9.17) is 9.47 Å². The zero-order valence-corrected chi connectivity index (χ0v) is 15.3. The van der Waals surface area contributed by atoms with E-state index in [0.29, 0.717) is 30.8 Å². The Morgan fingerprint density at radius 3 is 2.96 bits per heavy atom. The number of hydrogen-bond donors (Lipinski definition) is 3. The van der Waals surface area contributed by atoms with E-state index in [2.05, 4.69) is 4.90 Å². The minimum absolute atomic E-state index is 0.0263. The van der Waals surface area contributed by atoms with Gasteiger partial charge in [0, 0.05) is 18.0 Å². The number of aromatic hydroxyl groups is 1. The number of esters is 1. The number of likely N-dealkylation sites (tertiary alicyclic amines) is 1. The molecule has 27 heavy (non-hydrogen) atoms. The number of nitrogens with zero attached hydrogens (tertiary/aromatic N) is 1. The van der Waals surface area contributed by atoms with Crippen LogP contribution in [-0.2, 0) is 21.4 Å². The number of hydrogen-bond acceptors (Lipinski definition) is 7. The van der Waals surface area contributed by atoms with Gasteiger partial charge in [0.25, 0.3) is 0 Å². The monoisotopic (exact) mass is 373 g/mol. The van der Waals surface area contributed by atoms with E-state index in [0.717, 1.165) is 17.7 Å². The lowest BCUT2D eigenvalue weighted by molar-refractivity contribution is -0.171. The van der Waals surface area contributed by atoms with Gasteiger partial charge < -0.3 is 29.7 Å². The van der Waals surface area contributed by atoms with Crippen molar-refractivity contribution in [3.8, 4) is 11.5 Å². The fourth-order valence-electron chi connectivity index (χ4n) is 5.64. The molecule has 0 aromatic heterocycles. The third-order valence-electron chi connectivity index (χ3n) is 6.91. The molecule has 5 rings (SSSR count). The molecule has 1 saturated heterocycles. The molecule has 0 radical (unpaired) electrons. The van der Waals surface area contributed by atoms with Crippen molar-refractivity contribution in [1.82, 2.24) is 4.90 Å². The number of carbonyl (C=O) groups excluding carboxylic acids is 1. The van der Waals surface area contributed by atoms with Crippen molar-refractivity contribution in [2.75, 3.05) is 13.6 Å². The summed E-state index contributed by atoms with van der Waals surface area (Å²) in [5.74, 6) is -0.0528. The van der Waals surface area contributed by atoms with Crippen LogP contribution in [0, 0.1) is 0 Å². The molecule has 7 nitrogen and oxygen atoms in total. The Balaban J connectivity index is 1.72. The van der Waals surface area contributed by atoms with Gasteiger partial charge in [-0.15, -0.1) is 0 Å². The second-order valence-electron chi connectivity index (χ2n) is 8.20. The van der Waals surface area contributed by atoms with Gasteiger partial charge in [-0.2, -0.15) is 0 Å². The topological polar surface area (TPSA) is 99.5 Å². The highest BCUT2D eigenvalue weighted by atomic mass is 16.6. The van der Waals surface area contributed by atoms with Gasteiger partial charge >= 0.3 is 5.97 Å². The van der Waals surface area contributed by atoms with Crippen molar-refractivity contribution >= 4 is 5.97 Å². The molecule has 1 aromatic rings. The van der Waals surface area contributed by atoms with Crippen LogP contribution in [-0.4, -0.2) is 63.6 Å². The molecule has 4 aliphatic rings. The van der Waals surface area contributed by atoms with E-state index in [9.17, 15) is 20.1 Å². The van der Waals surface area contributed by atoms with Crippen LogP contribution in [0.1, 0.15) is 30.9 Å². The first-order valence-electron chi connectivity index (χ1n) is 9.34. The number of aliphatic hydroxyl groups is 2. The highest BCUT2D eigenvalue weighted by molar-refractivity contribution is 5.75. The van der Waals surface area contributed by atoms with E-state index < -0.39 is 29.2 Å². The van der Waals surface area contributed by atoms with Crippen molar-refractivity contribution in [2.45, 2.75) is 55.5 Å². The summed E-state index contributed by atoms with van der Waals surface area (Å²) in [6, 6.07) is 3.42. The summed E-state index contributed by atoms with van der Waals surface area (Å²) in [5, 5.41) is 31.8. The first-order valence-corrected chi connectivity index (χ1v) is 9.34. The zero-order valence-electron chi connectivity index (χ0n) is 15.3. The van der Waals surface area contributed by atoms with Gasteiger partial charge in [0.05, 0.1) is 11.0 Å². The molecule has 2 bridgehead atoms. The number of piperidine rings is 1. The lowest BCUT2D eigenvalue weighted by Gasteiger charge is -2.61. The van der Waals surface area contributed by atoms with Gasteiger partial charge in [-0.1, -0.05) is 6.07 Å². The fraction of sp³-hybridized carbons (Fsp3) is 0.550. The summed E-state index contributed by atoms with van der Waals surface area (Å²) >= 11 is 0. The minimum atomic E-state index is -1.26. The van der Waals surface area contributed by atoms with Gasteiger partial charge in [0.2, 0.25) is 0 Å². The third-order valence-corrected chi connectivity index (χ3v) is 6.91. The number of phenols is 1. The highest BCUT2D eigenvalue weighted by Gasteiger charge is 2.72. The molecule has 0 amide bonds. The number of benzene rings is 1. The Bertz CT molecular complexity index is 879. The maximum Gasteiger partial charge on any atom is 0.339 e. The maximum atomic E-state index is 12.0. The Hall–Kier alpha value is -2.09. The lowest BCUT2D eigenvalue weighted by atomic mass is 9.50. The highest BCUT2D eigenvalue weighted by Crippen LogP contribution is 2.65. The third kappa shape index (κ3) is 1.89. The Morgan fingerprint density at radius 2 is 2.22 bits per heavy atom. The van der Waals surface area contributed by atoms with Crippen LogP contribution in [0.3, 0.4) is 0 Å². The van der Waals surface area contributed by atoms with Crippen molar-refractivity contribution in [2.24, 2.45) is 0 Å². The van der Waals surface area contributed by atoms with Gasteiger partial charge in [-0.05, 0) is 51.1 Å². The number of phenolic OH excluding ortho intramolecular Hbond substituents is 1. The summed E-state index contributed by atoms with van der Waals surface area (Å²) < 4.78 is 11.6. The smallest absolute Gasteiger partial charge is 0.339 e. The number of ether oxygens (including phenoxy) is 2. The van der Waals surface area contributed by atoms with Crippen molar-refractivity contribution in [1.29, 1.82) is 0 Å². The summed E-state index contributed by atoms with van der Waals surface area (Å²) in [5.41, 5.74) is 0.0273. The number of carbonyl (C=O) groups is 1. The molecule has 1 aromatic carbocycles. The van der Waals surface area contributed by atoms with E-state index in [1.807, 2.05) is 13.1 Å². The average Bonchev–Trinajstić information content (AvgIpc) is 2.98. The molecule has 5 atom stereocenters. The van der Waals surface area contributed by atoms with Crippen molar-refractivity contribution in [3.63, 3.8) is 0 Å². The number of rotatable bonds is 2. The Kier molecular flexibility index (Phi) is 3.31. The molecular weight excluding hydrogens is 350 g/mol. The average molecular weight is 373 g/mol. The van der Waals surface area contributed by atoms with Crippen LogP contribution in [0.5, 0.6) is 11.5 Å². The van der Waals surface area contributed by atoms with Gasteiger partial charge in [0.1, 0.15) is 11.9 Å². The fourth-order valence-corrected chi connectivity index (χ4v) is 5.64. The van der Waals surface area contributed by atoms with Gasteiger partial charge in [-0.25, -0.2) is 4.79 Å². The summed E-state index contributed by atoms with van der Waals surface area (Å²) in [4.78, 5) is 14.2. The van der Waals surface area contributed by atoms with Crippen molar-refractivity contribution in [3.05, 3.63) is 35.1 Å². The molecule has 2 heterocycles. The van der Waals surface area contributed by atoms with E-state index in [1.54, 1.807) is 12.1 Å². The van der Waals surface area contributed by atoms with E-state index in [-0.39, 0.29) is 11.8 Å². The standard InChI is InChI=1S/C20H23NO6/c1-10(22)18(24)26-13-5-6-20(25)14-9-11-3-4-12(23)16-15(11)19(20,17(13)27-16)7-8-21(14)2/h3-5,10,14,17,22-23,25H,6-9H2,1-2H3/t10-,14-,17-,19-,20+/m0/s1. The molecule has 3 N–H and O–H groups in total. The second kappa shape index (κ2) is 5.25. The first kappa shape index (κ1) is 17.0. The quantitative estimate of drug-likeness (QED) is 0.653. The zero-order chi connectivity index (χ0) is 19.1. The van der Waals surface area contributed by atoms with Crippen LogP contribution in [0.25, 0.3) is 0 Å². The lowest BCUT2D eigenvalue weighted by Crippen LogP contribution is -2.74. The Morgan fingerprint density at radius 1 is 1.44 bits per heavy atom. The molecule has 7 heteroatoms. The second-order valence-corrected chi connectivity index (χ2v) is 8.20. The predicted molar refractivity (Wildman–Crippen MR) is 94.4 cm³/mol. The largest absolute Gasteiger partial charge is 0.504 e. The van der Waals surface area contributed by atoms with Crippen LogP contribution in [0.15, 0.2) is 24.0 Å². The first-order chi connectivity index (χ1) is 12.8. The minimum Gasteiger partial charge on any atom is -0.504 e. The SMILES string of the molecule is C[C@H](O)C(=O)OC1=CC[C@@]2(O)[C@@H]3Cc4ccc(O)c5c4[C@@]2(CCN3C)[C@H]1O5. The molecule has 2 aliphatic carbocycles. The van der Waals surface area contributed by atoms with Gasteiger partial charge in [0.15, 0.2) is 17.6 Å². The van der Waals surface area contributed by atoms with Crippen molar-refractivity contribution < 1.29 is 29.6 Å². The molecule has 144 valence electrons. The normalized spacial score (nSPS) is 37.1. The molecule has 0 saturated carbocycles. The summed E-state index contributed by atoms with van der Waals surface area (Å²) in [6.07, 6.45) is 1.34. The molecule has 2 aliphatic heterocycles. The van der Waals surface area contributed by atoms with Crippen LogP contribution < -0.4 is 4.74 Å². The molecular formula is C20H23NO6. The van der Waals surface area contributed by atoms with Crippen LogP contribution >= 0.6 is 0 Å². The summed E-state index contributed by atoms with van der Waals surface area (Å²) in [7, 11) is 2.01. The molecule has 1 fully saturated rings. The maximum absolute atomic E-state index is 12.0. The molecule has 0 unspecified atom stereocenters. The summed E-state index contributed by atoms with van der Waals surface area (Å²) in [6.45, 7) is 2.11. The predicted octanol–water partition coefficient (Wildman–Crippen LogP) is 0.594. The number of aliphatic hydroxyl groups excluding tert-OH is 1. The van der Waals surface area contributed by atoms with E-state index in [1.165, 1.54) is 6.92 Å². The number of likely N-dealkylation sites (N-methyl/N-ethyl adjacent to an activating group) is 1. The van der Waals surface area contributed by atoms with Crippen LogP contribution in [0.4, 0.5) is 0 Å². The van der Waals surface area contributed by atoms with Crippen LogP contribution in [0.2, 0.25) is 0 Å². The molecule has 1 spiro atoms. The Labute approximate surface area is 156 Å².